The summed E-state index contributed by atoms with van der Waals surface area (Å²) in [5.74, 6) is -0.462. The molecule has 0 amide bonds. The van der Waals surface area contributed by atoms with E-state index in [1.807, 2.05) is 0 Å². The number of rotatable bonds is 9. The highest BCUT2D eigenvalue weighted by atomic mass is 32.2. The van der Waals surface area contributed by atoms with Crippen LogP contribution >= 0.6 is 0 Å². The van der Waals surface area contributed by atoms with E-state index in [-0.39, 0.29) is 24.7 Å². The number of benzene rings is 1. The summed E-state index contributed by atoms with van der Waals surface area (Å²) in [5.41, 5.74) is 0.699. The standard InChI is InChI=1S/C12H18FNO4S/c1-17-6-7-18-8-9-19(15,16)14-10-11-2-4-12(13)5-3-11/h2-5,14H,6-10H2,1H3. The lowest BCUT2D eigenvalue weighted by Crippen LogP contribution is -2.28. The smallest absolute Gasteiger partial charge is 0.214 e. The summed E-state index contributed by atoms with van der Waals surface area (Å²) in [6.07, 6.45) is 0. The van der Waals surface area contributed by atoms with Crippen molar-refractivity contribution in [3.63, 3.8) is 0 Å². The summed E-state index contributed by atoms with van der Waals surface area (Å²) in [7, 11) is -1.84. The first-order valence-corrected chi connectivity index (χ1v) is 7.47. The molecular formula is C12H18FNO4S. The van der Waals surface area contributed by atoms with Crippen LogP contribution in [0.25, 0.3) is 0 Å². The molecule has 0 radical (unpaired) electrons. The molecular weight excluding hydrogens is 273 g/mol. The van der Waals surface area contributed by atoms with E-state index < -0.39 is 10.0 Å². The predicted octanol–water partition coefficient (Wildman–Crippen LogP) is 0.908. The molecule has 0 heterocycles. The van der Waals surface area contributed by atoms with E-state index in [9.17, 15) is 12.8 Å². The van der Waals surface area contributed by atoms with Crippen molar-refractivity contribution in [3.8, 4) is 0 Å². The van der Waals surface area contributed by atoms with E-state index in [4.69, 9.17) is 9.47 Å². The van der Waals surface area contributed by atoms with Gasteiger partial charge < -0.3 is 9.47 Å². The Morgan fingerprint density at radius 3 is 2.47 bits per heavy atom. The van der Waals surface area contributed by atoms with Gasteiger partial charge in [-0.1, -0.05) is 12.1 Å². The molecule has 108 valence electrons. The molecule has 0 saturated carbocycles. The maximum atomic E-state index is 12.7. The Balaban J connectivity index is 2.28. The number of hydrogen-bond donors (Lipinski definition) is 1. The first-order chi connectivity index (χ1) is 9.03. The second kappa shape index (κ2) is 8.21. The molecule has 5 nitrogen and oxygen atoms in total. The van der Waals surface area contributed by atoms with Crippen LogP contribution in [-0.2, 0) is 26.0 Å². The Morgan fingerprint density at radius 1 is 1.16 bits per heavy atom. The molecule has 1 aromatic carbocycles. The highest BCUT2D eigenvalue weighted by molar-refractivity contribution is 7.89. The molecule has 0 saturated heterocycles. The number of halogens is 1. The van der Waals surface area contributed by atoms with Gasteiger partial charge in [-0.2, -0.15) is 0 Å². The summed E-state index contributed by atoms with van der Waals surface area (Å²) < 4.78 is 48.2. The second-order valence-corrected chi connectivity index (χ2v) is 5.80. The molecule has 0 bridgehead atoms. The largest absolute Gasteiger partial charge is 0.382 e. The third kappa shape index (κ3) is 7.22. The molecule has 0 aliphatic carbocycles. The van der Waals surface area contributed by atoms with Crippen LogP contribution in [-0.4, -0.2) is 41.1 Å². The van der Waals surface area contributed by atoms with Crippen molar-refractivity contribution in [1.29, 1.82) is 0 Å². The van der Waals surface area contributed by atoms with Crippen LogP contribution in [0, 0.1) is 5.82 Å². The molecule has 1 rings (SSSR count). The van der Waals surface area contributed by atoms with Crippen LogP contribution in [0.5, 0.6) is 0 Å². The average Bonchev–Trinajstić information content (AvgIpc) is 2.38. The van der Waals surface area contributed by atoms with Crippen molar-refractivity contribution in [1.82, 2.24) is 4.72 Å². The van der Waals surface area contributed by atoms with Gasteiger partial charge in [0.2, 0.25) is 10.0 Å². The van der Waals surface area contributed by atoms with Gasteiger partial charge in [0.05, 0.1) is 25.6 Å². The van der Waals surface area contributed by atoms with Gasteiger partial charge in [-0.25, -0.2) is 17.5 Å². The maximum absolute atomic E-state index is 12.7. The Hall–Kier alpha value is -1.02. The van der Waals surface area contributed by atoms with Gasteiger partial charge in [0, 0.05) is 13.7 Å². The van der Waals surface area contributed by atoms with Gasteiger partial charge >= 0.3 is 0 Å². The Kier molecular flexibility index (Phi) is 6.93. The Bertz CT molecular complexity index is 461. The summed E-state index contributed by atoms with van der Waals surface area (Å²) >= 11 is 0. The van der Waals surface area contributed by atoms with Gasteiger partial charge in [-0.3, -0.25) is 0 Å². The highest BCUT2D eigenvalue weighted by Gasteiger charge is 2.09. The fraction of sp³-hybridized carbons (Fsp3) is 0.500. The van der Waals surface area contributed by atoms with Crippen LogP contribution in [0.4, 0.5) is 4.39 Å². The number of nitrogens with one attached hydrogen (secondary N) is 1. The molecule has 0 fully saturated rings. The van der Waals surface area contributed by atoms with Crippen LogP contribution in [0.1, 0.15) is 5.56 Å². The number of methoxy groups -OCH3 is 1. The normalized spacial score (nSPS) is 11.7. The van der Waals surface area contributed by atoms with E-state index in [0.29, 0.717) is 18.8 Å². The van der Waals surface area contributed by atoms with E-state index in [1.54, 1.807) is 7.11 Å². The molecule has 0 spiro atoms. The van der Waals surface area contributed by atoms with Gasteiger partial charge in [0.1, 0.15) is 5.82 Å². The van der Waals surface area contributed by atoms with Crippen molar-refractivity contribution in [2.45, 2.75) is 6.54 Å². The van der Waals surface area contributed by atoms with Gasteiger partial charge in [-0.15, -0.1) is 0 Å². The zero-order chi connectivity index (χ0) is 14.1. The molecule has 0 aliphatic heterocycles. The maximum Gasteiger partial charge on any atom is 0.214 e. The molecule has 0 unspecified atom stereocenters. The molecule has 7 heteroatoms. The zero-order valence-corrected chi connectivity index (χ0v) is 11.6. The molecule has 0 aromatic heterocycles. The first kappa shape index (κ1) is 16.0. The first-order valence-electron chi connectivity index (χ1n) is 5.82. The van der Waals surface area contributed by atoms with Crippen molar-refractivity contribution in [2.75, 3.05) is 32.7 Å². The minimum Gasteiger partial charge on any atom is -0.382 e. The van der Waals surface area contributed by atoms with E-state index in [2.05, 4.69) is 4.72 Å². The van der Waals surface area contributed by atoms with Gasteiger partial charge in [-0.05, 0) is 17.7 Å². The number of ether oxygens (including phenoxy) is 2. The van der Waals surface area contributed by atoms with Crippen LogP contribution < -0.4 is 4.72 Å². The van der Waals surface area contributed by atoms with E-state index >= 15 is 0 Å². The van der Waals surface area contributed by atoms with E-state index in [1.165, 1.54) is 24.3 Å². The average molecular weight is 291 g/mol. The minimum absolute atomic E-state index is 0.113. The molecule has 0 atom stereocenters. The molecule has 1 aromatic rings. The molecule has 1 N–H and O–H groups in total. The van der Waals surface area contributed by atoms with Crippen molar-refractivity contribution < 1.29 is 22.3 Å². The highest BCUT2D eigenvalue weighted by Crippen LogP contribution is 2.02. The fourth-order valence-corrected chi connectivity index (χ4v) is 2.15. The van der Waals surface area contributed by atoms with Crippen molar-refractivity contribution >= 4 is 10.0 Å². The summed E-state index contributed by atoms with van der Waals surface area (Å²) in [4.78, 5) is 0. The van der Waals surface area contributed by atoms with Crippen molar-refractivity contribution in [2.24, 2.45) is 0 Å². The lowest BCUT2D eigenvalue weighted by Gasteiger charge is -2.07. The Morgan fingerprint density at radius 2 is 1.84 bits per heavy atom. The SMILES string of the molecule is COCCOCCS(=O)(=O)NCc1ccc(F)cc1. The van der Waals surface area contributed by atoms with Crippen LogP contribution in [0.3, 0.4) is 0 Å². The molecule has 0 aliphatic rings. The van der Waals surface area contributed by atoms with Crippen LogP contribution in [0.15, 0.2) is 24.3 Å². The van der Waals surface area contributed by atoms with E-state index in [0.717, 1.165) is 0 Å². The lowest BCUT2D eigenvalue weighted by molar-refractivity contribution is 0.0784. The third-order valence-corrected chi connectivity index (χ3v) is 3.63. The van der Waals surface area contributed by atoms with Gasteiger partial charge in [0.15, 0.2) is 0 Å². The fourth-order valence-electron chi connectivity index (χ4n) is 1.28. The quantitative estimate of drug-likeness (QED) is 0.687. The zero-order valence-electron chi connectivity index (χ0n) is 10.8. The topological polar surface area (TPSA) is 64.6 Å². The van der Waals surface area contributed by atoms with Gasteiger partial charge in [0.25, 0.3) is 0 Å². The van der Waals surface area contributed by atoms with Crippen LogP contribution in [0.2, 0.25) is 0 Å². The minimum atomic E-state index is -3.39. The number of sulfonamides is 1. The van der Waals surface area contributed by atoms with Crippen molar-refractivity contribution in [3.05, 3.63) is 35.6 Å². The second-order valence-electron chi connectivity index (χ2n) is 3.87. The summed E-state index contributed by atoms with van der Waals surface area (Å²) in [6.45, 7) is 1.05. The molecule has 19 heavy (non-hydrogen) atoms. The summed E-state index contributed by atoms with van der Waals surface area (Å²) in [5, 5.41) is 0. The number of hydrogen-bond acceptors (Lipinski definition) is 4. The third-order valence-electron chi connectivity index (χ3n) is 2.34. The predicted molar refractivity (Wildman–Crippen MR) is 69.7 cm³/mol. The lowest BCUT2D eigenvalue weighted by atomic mass is 10.2. The summed E-state index contributed by atoms with van der Waals surface area (Å²) in [6, 6.07) is 5.65. The Labute approximate surface area is 112 Å². The monoisotopic (exact) mass is 291 g/mol.